The first kappa shape index (κ1) is 33.9. The largest absolute Gasteiger partial charge is 0.496 e. The van der Waals surface area contributed by atoms with Crippen molar-refractivity contribution in [1.29, 1.82) is 0 Å². The molecular weight excluding hydrogens is 590 g/mol. The average Bonchev–Trinajstić information content (AvgIpc) is 3.35. The summed E-state index contributed by atoms with van der Waals surface area (Å²) in [7, 11) is 3.24. The van der Waals surface area contributed by atoms with Crippen LogP contribution in [0, 0.1) is 17.8 Å². The van der Waals surface area contributed by atoms with Crippen molar-refractivity contribution < 1.29 is 19.1 Å². The number of rotatable bonds is 12. The third kappa shape index (κ3) is 9.11. The summed E-state index contributed by atoms with van der Waals surface area (Å²) in [5.74, 6) is 2.84. The molecule has 5 rings (SSSR count). The van der Waals surface area contributed by atoms with Crippen LogP contribution in [0.5, 0.6) is 11.5 Å². The van der Waals surface area contributed by atoms with E-state index >= 15 is 0 Å². The van der Waals surface area contributed by atoms with Crippen LogP contribution in [0.25, 0.3) is 0 Å². The maximum absolute atomic E-state index is 13.1. The highest BCUT2D eigenvalue weighted by Crippen LogP contribution is 2.36. The fourth-order valence-corrected chi connectivity index (χ4v) is 6.72. The van der Waals surface area contributed by atoms with Crippen molar-refractivity contribution in [3.8, 4) is 11.5 Å². The van der Waals surface area contributed by atoms with Gasteiger partial charge in [-0.15, -0.1) is 5.10 Å². The molecule has 1 amide bonds. The Bertz CT molecular complexity index is 1580. The molecule has 0 spiro atoms. The van der Waals surface area contributed by atoms with Crippen molar-refractivity contribution in [3.05, 3.63) is 83.2 Å². The molecule has 1 fully saturated rings. The van der Waals surface area contributed by atoms with Crippen LogP contribution < -0.4 is 14.8 Å². The summed E-state index contributed by atoms with van der Waals surface area (Å²) in [5, 5.41) is 21.3. The van der Waals surface area contributed by atoms with Gasteiger partial charge < -0.3 is 14.8 Å². The lowest BCUT2D eigenvalue weighted by molar-refractivity contribution is -0.123. The summed E-state index contributed by atoms with van der Waals surface area (Å²) >= 11 is 0. The van der Waals surface area contributed by atoms with E-state index in [1.807, 2.05) is 55.5 Å². The third-order valence-corrected chi connectivity index (χ3v) is 9.75. The first-order chi connectivity index (χ1) is 22.8. The quantitative estimate of drug-likeness (QED) is 0.221. The minimum atomic E-state index is -0.119. The number of Topliss-reactive ketones (excluding diaryl/α,β-unsaturated/α-hetero) is 1. The molecular formula is C38H47N5O4. The molecule has 2 heterocycles. The van der Waals surface area contributed by atoms with E-state index in [9.17, 15) is 9.59 Å². The highest BCUT2D eigenvalue weighted by molar-refractivity contribution is 6.02. The van der Waals surface area contributed by atoms with Gasteiger partial charge in [0.2, 0.25) is 5.91 Å². The fraction of sp³-hybridized carbons (Fsp3) is 0.474. The topological polar surface area (TPSA) is 115 Å². The summed E-state index contributed by atoms with van der Waals surface area (Å²) in [4.78, 5) is 25.8. The van der Waals surface area contributed by atoms with Gasteiger partial charge in [0.1, 0.15) is 23.1 Å². The van der Waals surface area contributed by atoms with Gasteiger partial charge in [-0.1, -0.05) is 63.1 Å². The van der Waals surface area contributed by atoms with Crippen molar-refractivity contribution in [2.24, 2.45) is 28.0 Å². The molecule has 1 N–H and O–H groups in total. The predicted molar refractivity (Wildman–Crippen MR) is 184 cm³/mol. The van der Waals surface area contributed by atoms with Gasteiger partial charge in [-0.05, 0) is 68.2 Å². The summed E-state index contributed by atoms with van der Waals surface area (Å²) in [6.45, 7) is 4.12. The number of carbonyl (C=O) groups is 2. The highest BCUT2D eigenvalue weighted by Gasteiger charge is 2.28. The second-order valence-electron chi connectivity index (χ2n) is 13.0. The van der Waals surface area contributed by atoms with Crippen LogP contribution in [0.15, 0.2) is 70.9 Å². The van der Waals surface area contributed by atoms with Crippen LogP contribution in [0.1, 0.15) is 87.2 Å². The molecule has 0 bridgehead atoms. The van der Waals surface area contributed by atoms with Gasteiger partial charge in [-0.3, -0.25) is 9.59 Å². The molecule has 2 aliphatic rings. The summed E-state index contributed by atoms with van der Waals surface area (Å²) in [6, 6.07) is 19.4. The van der Waals surface area contributed by atoms with E-state index in [4.69, 9.17) is 9.47 Å². The number of hydrogen-bond donors (Lipinski definition) is 1. The van der Waals surface area contributed by atoms with Crippen molar-refractivity contribution in [3.63, 3.8) is 0 Å². The van der Waals surface area contributed by atoms with E-state index in [1.165, 1.54) is 0 Å². The molecule has 47 heavy (non-hydrogen) atoms. The number of nitrogens with one attached hydrogen (secondary N) is 1. The lowest BCUT2D eigenvalue weighted by Crippen LogP contribution is -2.34. The number of amidine groups is 1. The summed E-state index contributed by atoms with van der Waals surface area (Å²) in [6.07, 6.45) is 8.19. The molecule has 3 aromatic rings. The van der Waals surface area contributed by atoms with Gasteiger partial charge in [-0.2, -0.15) is 15.3 Å². The maximum atomic E-state index is 13.1. The number of hydrogen-bond acceptors (Lipinski definition) is 8. The number of carbonyl (C=O) groups excluding carboxylic acids is 2. The maximum Gasteiger partial charge on any atom is 0.229 e. The van der Waals surface area contributed by atoms with Gasteiger partial charge in [0, 0.05) is 41.5 Å². The van der Waals surface area contributed by atoms with E-state index in [1.54, 1.807) is 14.2 Å². The Hall–Kier alpha value is -4.40. The van der Waals surface area contributed by atoms with Crippen LogP contribution in [0.4, 0.5) is 0 Å². The minimum Gasteiger partial charge on any atom is -0.496 e. The van der Waals surface area contributed by atoms with E-state index in [0.717, 1.165) is 72.5 Å². The first-order valence-corrected chi connectivity index (χ1v) is 16.9. The number of ketones is 1. The monoisotopic (exact) mass is 637 g/mol. The number of benzene rings is 2. The summed E-state index contributed by atoms with van der Waals surface area (Å²) < 4.78 is 10.8. The van der Waals surface area contributed by atoms with Crippen molar-refractivity contribution in [2.45, 2.75) is 84.0 Å². The Morgan fingerprint density at radius 1 is 0.809 bits per heavy atom. The van der Waals surface area contributed by atoms with Gasteiger partial charge in [0.25, 0.3) is 0 Å². The van der Waals surface area contributed by atoms with Crippen LogP contribution in [-0.2, 0) is 28.9 Å². The van der Waals surface area contributed by atoms with E-state index in [0.29, 0.717) is 42.7 Å². The van der Waals surface area contributed by atoms with E-state index in [-0.39, 0.29) is 29.9 Å². The summed E-state index contributed by atoms with van der Waals surface area (Å²) in [5.41, 5.74) is 4.81. The zero-order valence-corrected chi connectivity index (χ0v) is 28.1. The number of amides is 1. The second kappa shape index (κ2) is 16.4. The Morgan fingerprint density at radius 3 is 2.09 bits per heavy atom. The molecule has 2 aromatic carbocycles. The van der Waals surface area contributed by atoms with Gasteiger partial charge in [0.05, 0.1) is 32.0 Å². The minimum absolute atomic E-state index is 0.107. The Labute approximate surface area is 278 Å². The molecule has 9 nitrogen and oxygen atoms in total. The Morgan fingerprint density at radius 2 is 1.47 bits per heavy atom. The number of ether oxygens (including phenoxy) is 2. The van der Waals surface area contributed by atoms with Crippen molar-refractivity contribution >= 4 is 23.2 Å². The van der Waals surface area contributed by atoms with E-state index in [2.05, 4.69) is 44.8 Å². The Kier molecular flexibility index (Phi) is 11.9. The van der Waals surface area contributed by atoms with Crippen LogP contribution in [0.3, 0.4) is 0 Å². The molecule has 4 atom stereocenters. The van der Waals surface area contributed by atoms with Gasteiger partial charge >= 0.3 is 0 Å². The average molecular weight is 638 g/mol. The zero-order valence-electron chi connectivity index (χ0n) is 28.1. The predicted octanol–water partition coefficient (Wildman–Crippen LogP) is 6.69. The van der Waals surface area contributed by atoms with Crippen molar-refractivity contribution in [2.75, 3.05) is 14.2 Å². The smallest absolute Gasteiger partial charge is 0.229 e. The SMILES string of the molecule is COc1ccccc1CC(=O)NC1=NN=C(C2CCCCC(c3ccc(CC(C)C(C)C(=O)Cc4ccccc4OC)nn3)C2)CC1. The van der Waals surface area contributed by atoms with Crippen LogP contribution in [-0.4, -0.2) is 47.7 Å². The lowest BCUT2D eigenvalue weighted by atomic mass is 9.85. The number of nitrogens with zero attached hydrogens (tertiary/aromatic N) is 4. The molecule has 4 unspecified atom stereocenters. The van der Waals surface area contributed by atoms with Gasteiger partial charge in [-0.25, -0.2) is 0 Å². The highest BCUT2D eigenvalue weighted by atomic mass is 16.5. The van der Waals surface area contributed by atoms with Crippen molar-refractivity contribution in [1.82, 2.24) is 15.5 Å². The molecule has 9 heteroatoms. The second-order valence-corrected chi connectivity index (χ2v) is 13.0. The van der Waals surface area contributed by atoms with Crippen LogP contribution >= 0.6 is 0 Å². The Balaban J connectivity index is 1.15. The molecule has 0 radical (unpaired) electrons. The number of aromatic nitrogens is 2. The number of para-hydroxylation sites is 2. The molecule has 1 aliphatic carbocycles. The fourth-order valence-electron chi connectivity index (χ4n) is 6.72. The zero-order chi connectivity index (χ0) is 33.2. The molecule has 0 saturated heterocycles. The lowest BCUT2D eigenvalue weighted by Gasteiger charge is -2.23. The van der Waals surface area contributed by atoms with Gasteiger partial charge in [0.15, 0.2) is 0 Å². The molecule has 1 aromatic heterocycles. The van der Waals surface area contributed by atoms with E-state index < -0.39 is 0 Å². The first-order valence-electron chi connectivity index (χ1n) is 16.9. The van der Waals surface area contributed by atoms with Crippen LogP contribution in [0.2, 0.25) is 0 Å². The standard InChI is InChI=1S/C38H47N5O4/c1-25(26(2)34(44)23-29-13-7-9-15-35(29)46-3)21-31-17-18-32(41-40-31)27-11-5-6-12-28(22-27)33-19-20-37(43-42-33)39-38(45)24-30-14-8-10-16-36(30)47-4/h7-10,13-18,25-28H,5-6,11-12,19-24H2,1-4H3,(H,39,43,45). The molecule has 1 saturated carbocycles. The molecule has 1 aliphatic heterocycles. The molecule has 248 valence electrons. The normalized spacial score (nSPS) is 19.4. The number of methoxy groups -OCH3 is 2. The third-order valence-electron chi connectivity index (χ3n) is 9.75.